The van der Waals surface area contributed by atoms with Gasteiger partial charge in [0.25, 0.3) is 0 Å². The number of carboxylic acid groups (broad SMARTS) is 4. The Morgan fingerprint density at radius 1 is 0.449 bits per heavy atom. The van der Waals surface area contributed by atoms with Crippen LogP contribution in [0.15, 0.2) is 0 Å². The van der Waals surface area contributed by atoms with Gasteiger partial charge in [-0.3, -0.25) is 0 Å². The molecule has 8 nitrogen and oxygen atoms in total. The molecule has 0 aromatic rings. The minimum atomic E-state index is -1.12. The molecule has 9 heteroatoms. The minimum absolute atomic E-state index is 0.0739. The zero-order valence-corrected chi connectivity index (χ0v) is 35.3. The van der Waals surface area contributed by atoms with Crippen LogP contribution in [-0.4, -0.2) is 45.0 Å². The Hall–Kier alpha value is -1.32. The number of hydrogen-bond donors (Lipinski definition) is 0. The van der Waals surface area contributed by atoms with E-state index in [9.17, 15) is 39.6 Å². The van der Waals surface area contributed by atoms with E-state index < -0.39 is 35.7 Å². The van der Waals surface area contributed by atoms with Crippen LogP contribution < -0.4 is 20.4 Å². The van der Waals surface area contributed by atoms with E-state index in [0.717, 1.165) is 51.4 Å². The number of carbonyl (C=O) groups is 4. The third-order valence-electron chi connectivity index (χ3n) is 9.27. The molecule has 0 amide bonds. The molecule has 0 aliphatic carbocycles. The third kappa shape index (κ3) is 39.3. The Labute approximate surface area is 311 Å². The molecule has 0 saturated carbocycles. The predicted octanol–water partition coefficient (Wildman–Crippen LogP) is 6.45. The Morgan fingerprint density at radius 2 is 0.796 bits per heavy atom. The number of rotatable bonds is 32. The average Bonchev–Trinajstić information content (AvgIpc) is 3.06. The van der Waals surface area contributed by atoms with Gasteiger partial charge in [0.1, 0.15) is 0 Å². The zero-order chi connectivity index (χ0) is 37.7. The van der Waals surface area contributed by atoms with Crippen molar-refractivity contribution in [3.63, 3.8) is 0 Å². The molecule has 6 radical (unpaired) electrons. The van der Waals surface area contributed by atoms with Gasteiger partial charge in [0.2, 0.25) is 0 Å². The fraction of sp³-hybridized carbons (Fsp3) is 0.900. The quantitative estimate of drug-likeness (QED) is 0.0555. The van der Waals surface area contributed by atoms with Gasteiger partial charge in [0.15, 0.2) is 0 Å². The van der Waals surface area contributed by atoms with Crippen molar-refractivity contribution in [1.29, 1.82) is 0 Å². The van der Waals surface area contributed by atoms with Crippen molar-refractivity contribution >= 4 is 45.0 Å². The van der Waals surface area contributed by atoms with Crippen LogP contribution in [0.3, 0.4) is 0 Å². The second kappa shape index (κ2) is 39.5. The summed E-state index contributed by atoms with van der Waals surface area (Å²) in [6.07, 6.45) is 22.8. The fourth-order valence-electron chi connectivity index (χ4n) is 5.90. The molecule has 49 heavy (non-hydrogen) atoms. The number of unbranched alkanes of at least 4 members (excludes halogenated alkanes) is 8. The first-order chi connectivity index (χ1) is 23.4. The van der Waals surface area contributed by atoms with E-state index >= 15 is 0 Å². The van der Waals surface area contributed by atoms with Crippen LogP contribution in [-0.2, 0) is 19.2 Å². The monoisotopic (exact) mass is 802 g/mol. The van der Waals surface area contributed by atoms with E-state index in [1.54, 1.807) is 21.7 Å². The van der Waals surface area contributed by atoms with Gasteiger partial charge in [-0.15, -0.1) is 0 Å². The molecule has 0 N–H and O–H groups in total. The molecule has 286 valence electrons. The molecular formula is C40H74O8Sn. The molecule has 0 spiro atoms. The number of carboxylic acids is 4. The summed E-state index contributed by atoms with van der Waals surface area (Å²) in [5, 5.41) is 42.6. The molecule has 0 aromatic heterocycles. The van der Waals surface area contributed by atoms with Crippen LogP contribution >= 0.6 is 0 Å². The number of carbonyl (C=O) groups excluding carboxylic acids is 4. The normalized spacial score (nSPS) is 13.2. The summed E-state index contributed by atoms with van der Waals surface area (Å²) in [7, 11) is 0. The summed E-state index contributed by atoms with van der Waals surface area (Å²) in [4.78, 5) is 42.6. The molecule has 4 atom stereocenters. The van der Waals surface area contributed by atoms with Crippen LogP contribution in [0.5, 0.6) is 0 Å². The van der Waals surface area contributed by atoms with Crippen molar-refractivity contribution in [2.24, 2.45) is 23.7 Å². The molecule has 0 heterocycles. The van der Waals surface area contributed by atoms with Gasteiger partial charge in [-0.05, 0) is 75.0 Å². The van der Waals surface area contributed by atoms with Gasteiger partial charge in [0, 0.05) is 23.9 Å². The Balaban J connectivity index is -0.000000658. The molecule has 0 aliphatic rings. The number of hydrogen-bond acceptors (Lipinski definition) is 8. The van der Waals surface area contributed by atoms with E-state index in [2.05, 4.69) is 41.5 Å². The molecule has 4 unspecified atom stereocenters. The topological polar surface area (TPSA) is 161 Å². The molecular weight excluding hydrogens is 727 g/mol. The Bertz CT molecular complexity index is 713. The van der Waals surface area contributed by atoms with E-state index in [0.29, 0.717) is 50.4 Å². The Morgan fingerprint density at radius 3 is 1.06 bits per heavy atom. The summed E-state index contributed by atoms with van der Waals surface area (Å²) >= 11 is 0.104. The van der Waals surface area contributed by atoms with Gasteiger partial charge in [0.05, 0.1) is 0 Å². The van der Waals surface area contributed by atoms with Crippen molar-refractivity contribution in [3.05, 3.63) is 0 Å². The summed E-state index contributed by atoms with van der Waals surface area (Å²) < 4.78 is 3.30. The van der Waals surface area contributed by atoms with Crippen LogP contribution in [0.2, 0.25) is 8.87 Å². The zero-order valence-electron chi connectivity index (χ0n) is 32.5. The van der Waals surface area contributed by atoms with Gasteiger partial charge in [-0.2, -0.15) is 0 Å². The number of aliphatic carboxylic acids is 4. The summed E-state index contributed by atoms with van der Waals surface area (Å²) in [6.45, 7) is 12.9. The molecule has 0 saturated heterocycles. The first-order valence-corrected chi connectivity index (χ1v) is 24.0. The second-order valence-electron chi connectivity index (χ2n) is 13.7. The van der Waals surface area contributed by atoms with E-state index in [4.69, 9.17) is 0 Å². The van der Waals surface area contributed by atoms with Gasteiger partial charge < -0.3 is 39.6 Å². The first-order valence-electron chi connectivity index (χ1n) is 19.9. The van der Waals surface area contributed by atoms with Crippen molar-refractivity contribution in [2.45, 2.75) is 205 Å². The fourth-order valence-corrected chi connectivity index (χ4v) is 9.46. The molecule has 0 bridgehead atoms. The van der Waals surface area contributed by atoms with E-state index in [1.807, 2.05) is 0 Å². The summed E-state index contributed by atoms with van der Waals surface area (Å²) in [5.41, 5.74) is 0. The summed E-state index contributed by atoms with van der Waals surface area (Å²) in [6, 6.07) is 0. The van der Waals surface area contributed by atoms with Crippen LogP contribution in [0.4, 0.5) is 0 Å². The molecule has 0 aromatic carbocycles. The molecule has 0 fully saturated rings. The SMILES string of the molecule is CCCCC(CC)CC(CCCC(=O)[O-])C(=O)[O-].CCCCC(CC)CC(CCCC(=O)[O-])C(=O)[O-].CCCCC[CH2][Sn+4][CH2]CCCCC. The van der Waals surface area contributed by atoms with Gasteiger partial charge in [-0.25, -0.2) is 0 Å². The maximum absolute atomic E-state index is 11.0. The van der Waals surface area contributed by atoms with Crippen molar-refractivity contribution in [3.8, 4) is 0 Å². The molecule has 0 rings (SSSR count). The third-order valence-corrected chi connectivity index (χ3v) is 13.3. The average molecular weight is 802 g/mol. The van der Waals surface area contributed by atoms with Crippen LogP contribution in [0.1, 0.15) is 196 Å². The van der Waals surface area contributed by atoms with Crippen molar-refractivity contribution in [2.75, 3.05) is 0 Å². The second-order valence-corrected chi connectivity index (χ2v) is 18.0. The van der Waals surface area contributed by atoms with Crippen LogP contribution in [0, 0.1) is 23.7 Å². The maximum atomic E-state index is 11.0. The first kappa shape index (κ1) is 52.0. The van der Waals surface area contributed by atoms with E-state index in [-0.39, 0.29) is 34.0 Å². The van der Waals surface area contributed by atoms with Gasteiger partial charge >= 0.3 is 95.2 Å². The van der Waals surface area contributed by atoms with Gasteiger partial charge in [-0.1, -0.05) is 79.1 Å². The standard InChI is InChI=1S/2C14H26O4.2C6H13.Sn/c2*1-3-5-7-11(4-2)10-12(14(17)18)8-6-9-13(15)16;2*1-3-5-6-4-2;/h2*11-12H,3-10H2,1-2H3,(H,15,16)(H,17,18);2*1,3-6H2,2H3;/q;;;;+4/p-4. The van der Waals surface area contributed by atoms with E-state index in [1.165, 1.54) is 38.5 Å². The summed E-state index contributed by atoms with van der Waals surface area (Å²) in [5.74, 6) is -4.59. The molecule has 0 aliphatic heterocycles. The van der Waals surface area contributed by atoms with Crippen molar-refractivity contribution in [1.82, 2.24) is 0 Å². The Kier molecular flexibility index (Phi) is 41.9. The van der Waals surface area contributed by atoms with Crippen molar-refractivity contribution < 1.29 is 39.6 Å². The van der Waals surface area contributed by atoms with Crippen LogP contribution in [0.25, 0.3) is 0 Å². The predicted molar refractivity (Wildman–Crippen MR) is 194 cm³/mol.